The van der Waals surface area contributed by atoms with Crippen LogP contribution in [0.1, 0.15) is 60.9 Å². The molecule has 1 saturated heterocycles. The zero-order valence-electron chi connectivity index (χ0n) is 18.1. The molecule has 1 aliphatic carbocycles. The van der Waals surface area contributed by atoms with Gasteiger partial charge >= 0.3 is 5.97 Å². The van der Waals surface area contributed by atoms with Crippen molar-refractivity contribution in [3.05, 3.63) is 53.6 Å². The van der Waals surface area contributed by atoms with Crippen LogP contribution in [0.3, 0.4) is 0 Å². The third-order valence-corrected chi connectivity index (χ3v) is 6.05. The number of nitrogens with zero attached hydrogens (tertiary/aromatic N) is 1. The first-order valence-electron chi connectivity index (χ1n) is 11.0. The van der Waals surface area contributed by atoms with Crippen molar-refractivity contribution in [2.75, 3.05) is 25.2 Å². The van der Waals surface area contributed by atoms with Crippen molar-refractivity contribution in [1.82, 2.24) is 0 Å². The van der Waals surface area contributed by atoms with Gasteiger partial charge in [-0.2, -0.15) is 0 Å². The Morgan fingerprint density at radius 3 is 2.65 bits per heavy atom. The Balaban J connectivity index is 1.53. The summed E-state index contributed by atoms with van der Waals surface area (Å²) in [7, 11) is 1.65. The van der Waals surface area contributed by atoms with E-state index in [-0.39, 0.29) is 23.9 Å². The molecule has 2 aliphatic rings. The van der Waals surface area contributed by atoms with E-state index in [2.05, 4.69) is 0 Å². The standard InChI is InChI=1S/C25H29NO5/c1-3-30-25(28)18-7-6-8-20(13-18)26-16-19(15-24(26)27)17-11-12-22(29-2)23(14-17)31-21-9-4-5-10-21/h6-8,11-14,19,21H,3-5,9-10,15-16H2,1-2H3. The van der Waals surface area contributed by atoms with E-state index < -0.39 is 0 Å². The van der Waals surface area contributed by atoms with Crippen molar-refractivity contribution in [2.45, 2.75) is 51.0 Å². The SMILES string of the molecule is CCOC(=O)c1cccc(N2CC(c3ccc(OC)c(OC4CCCC4)c3)CC2=O)c1. The molecule has 6 nitrogen and oxygen atoms in total. The molecule has 0 bridgehead atoms. The lowest BCUT2D eigenvalue weighted by atomic mass is 9.98. The number of esters is 1. The van der Waals surface area contributed by atoms with Gasteiger partial charge in [0.2, 0.25) is 5.91 Å². The summed E-state index contributed by atoms with van der Waals surface area (Å²) in [5.74, 6) is 1.19. The molecule has 1 heterocycles. The second-order valence-corrected chi connectivity index (χ2v) is 8.11. The molecule has 1 amide bonds. The Kier molecular flexibility index (Phi) is 6.44. The number of ether oxygens (including phenoxy) is 3. The number of carbonyl (C=O) groups excluding carboxylic acids is 2. The minimum absolute atomic E-state index is 0.0417. The Labute approximate surface area is 183 Å². The summed E-state index contributed by atoms with van der Waals surface area (Å²) in [4.78, 5) is 26.6. The molecule has 31 heavy (non-hydrogen) atoms. The van der Waals surface area contributed by atoms with Gasteiger partial charge in [-0.1, -0.05) is 12.1 Å². The molecule has 1 unspecified atom stereocenters. The maximum absolute atomic E-state index is 12.8. The number of hydrogen-bond donors (Lipinski definition) is 0. The van der Waals surface area contributed by atoms with Crippen molar-refractivity contribution in [1.29, 1.82) is 0 Å². The topological polar surface area (TPSA) is 65.1 Å². The van der Waals surface area contributed by atoms with Crippen LogP contribution < -0.4 is 14.4 Å². The largest absolute Gasteiger partial charge is 0.493 e. The van der Waals surface area contributed by atoms with Gasteiger partial charge in [-0.05, 0) is 68.5 Å². The van der Waals surface area contributed by atoms with Crippen molar-refractivity contribution in [3.8, 4) is 11.5 Å². The molecule has 2 aromatic carbocycles. The maximum Gasteiger partial charge on any atom is 0.338 e. The van der Waals surface area contributed by atoms with Crippen molar-refractivity contribution in [3.63, 3.8) is 0 Å². The highest BCUT2D eigenvalue weighted by molar-refractivity contribution is 5.98. The third-order valence-electron chi connectivity index (χ3n) is 6.05. The Morgan fingerprint density at radius 1 is 1.10 bits per heavy atom. The van der Waals surface area contributed by atoms with Crippen molar-refractivity contribution in [2.24, 2.45) is 0 Å². The van der Waals surface area contributed by atoms with Crippen LogP contribution in [-0.2, 0) is 9.53 Å². The van der Waals surface area contributed by atoms with Crippen LogP contribution in [0, 0.1) is 0 Å². The fourth-order valence-corrected chi connectivity index (χ4v) is 4.42. The predicted molar refractivity (Wildman–Crippen MR) is 118 cm³/mol. The van der Waals surface area contributed by atoms with Crippen LogP contribution in [0.25, 0.3) is 0 Å². The third kappa shape index (κ3) is 4.68. The summed E-state index contributed by atoms with van der Waals surface area (Å²) in [6.45, 7) is 2.65. The van der Waals surface area contributed by atoms with E-state index in [1.807, 2.05) is 24.3 Å². The van der Waals surface area contributed by atoms with E-state index >= 15 is 0 Å². The number of benzene rings is 2. The van der Waals surface area contributed by atoms with E-state index in [4.69, 9.17) is 14.2 Å². The average Bonchev–Trinajstić information content (AvgIpc) is 3.43. The second-order valence-electron chi connectivity index (χ2n) is 8.11. The number of rotatable bonds is 7. The minimum atomic E-state index is -0.378. The summed E-state index contributed by atoms with van der Waals surface area (Å²) in [6.07, 6.45) is 5.18. The average molecular weight is 424 g/mol. The van der Waals surface area contributed by atoms with Gasteiger partial charge in [0, 0.05) is 24.6 Å². The fraction of sp³-hybridized carbons (Fsp3) is 0.440. The normalized spacial score (nSPS) is 19.0. The van der Waals surface area contributed by atoms with Gasteiger partial charge in [-0.15, -0.1) is 0 Å². The van der Waals surface area contributed by atoms with Gasteiger partial charge in [0.15, 0.2) is 11.5 Å². The molecule has 2 aromatic rings. The summed E-state index contributed by atoms with van der Waals surface area (Å²) in [5.41, 5.74) is 2.23. The highest BCUT2D eigenvalue weighted by Gasteiger charge is 2.32. The molecule has 0 N–H and O–H groups in total. The van der Waals surface area contributed by atoms with Crippen LogP contribution in [0.5, 0.6) is 11.5 Å². The molecule has 1 aliphatic heterocycles. The van der Waals surface area contributed by atoms with E-state index in [0.717, 1.165) is 29.9 Å². The van der Waals surface area contributed by atoms with Crippen LogP contribution >= 0.6 is 0 Å². The fourth-order valence-electron chi connectivity index (χ4n) is 4.42. The first-order valence-corrected chi connectivity index (χ1v) is 11.0. The molecule has 0 spiro atoms. The van der Waals surface area contributed by atoms with E-state index in [1.165, 1.54) is 12.8 Å². The van der Waals surface area contributed by atoms with Crippen molar-refractivity contribution < 1.29 is 23.8 Å². The van der Waals surface area contributed by atoms with Crippen LogP contribution in [-0.4, -0.2) is 38.2 Å². The number of anilines is 1. The molecule has 2 fully saturated rings. The molecular weight excluding hydrogens is 394 g/mol. The van der Waals surface area contributed by atoms with Crippen LogP contribution in [0.15, 0.2) is 42.5 Å². The summed E-state index contributed by atoms with van der Waals surface area (Å²) < 4.78 is 16.8. The zero-order valence-corrected chi connectivity index (χ0v) is 18.1. The molecule has 1 atom stereocenters. The highest BCUT2D eigenvalue weighted by Crippen LogP contribution is 2.38. The smallest absolute Gasteiger partial charge is 0.338 e. The quantitative estimate of drug-likeness (QED) is 0.603. The minimum Gasteiger partial charge on any atom is -0.493 e. The molecule has 0 aromatic heterocycles. The summed E-state index contributed by atoms with van der Waals surface area (Å²) in [5, 5.41) is 0. The summed E-state index contributed by atoms with van der Waals surface area (Å²) in [6, 6.07) is 13.0. The Bertz CT molecular complexity index is 951. The molecule has 1 saturated carbocycles. The van der Waals surface area contributed by atoms with E-state index in [9.17, 15) is 9.59 Å². The lowest BCUT2D eigenvalue weighted by Crippen LogP contribution is -2.24. The van der Waals surface area contributed by atoms with E-state index in [1.54, 1.807) is 37.1 Å². The molecule has 0 radical (unpaired) electrons. The Morgan fingerprint density at radius 2 is 1.90 bits per heavy atom. The first kappa shape index (κ1) is 21.2. The molecule has 6 heteroatoms. The molecule has 164 valence electrons. The maximum atomic E-state index is 12.8. The van der Waals surface area contributed by atoms with Gasteiger partial charge in [0.25, 0.3) is 0 Å². The summed E-state index contributed by atoms with van der Waals surface area (Å²) >= 11 is 0. The number of methoxy groups -OCH3 is 1. The van der Waals surface area contributed by atoms with Gasteiger partial charge in [-0.25, -0.2) is 4.79 Å². The number of amides is 1. The number of carbonyl (C=O) groups is 2. The Hall–Kier alpha value is -3.02. The monoisotopic (exact) mass is 423 g/mol. The lowest BCUT2D eigenvalue weighted by Gasteiger charge is -2.19. The number of hydrogen-bond acceptors (Lipinski definition) is 5. The second kappa shape index (κ2) is 9.41. The van der Waals surface area contributed by atoms with Crippen LogP contribution in [0.4, 0.5) is 5.69 Å². The van der Waals surface area contributed by atoms with Gasteiger partial charge in [0.1, 0.15) is 0 Å². The first-order chi connectivity index (χ1) is 15.1. The molecule has 4 rings (SSSR count). The van der Waals surface area contributed by atoms with Gasteiger partial charge < -0.3 is 19.1 Å². The van der Waals surface area contributed by atoms with Crippen LogP contribution in [0.2, 0.25) is 0 Å². The van der Waals surface area contributed by atoms with Crippen molar-refractivity contribution >= 4 is 17.6 Å². The predicted octanol–water partition coefficient (Wildman–Crippen LogP) is 4.71. The van der Waals surface area contributed by atoms with Gasteiger partial charge in [-0.3, -0.25) is 4.79 Å². The zero-order chi connectivity index (χ0) is 21.8. The molecular formula is C25H29NO5. The lowest BCUT2D eigenvalue weighted by molar-refractivity contribution is -0.117. The highest BCUT2D eigenvalue weighted by atomic mass is 16.5. The van der Waals surface area contributed by atoms with Gasteiger partial charge in [0.05, 0.1) is 25.4 Å². The van der Waals surface area contributed by atoms with E-state index in [0.29, 0.717) is 30.8 Å².